The summed E-state index contributed by atoms with van der Waals surface area (Å²) in [6.45, 7) is 9.00. The van der Waals surface area contributed by atoms with E-state index in [1.54, 1.807) is 6.21 Å². The lowest BCUT2D eigenvalue weighted by atomic mass is 9.87. The maximum atomic E-state index is 12.3. The van der Waals surface area contributed by atoms with Crippen molar-refractivity contribution in [1.82, 2.24) is 5.43 Å². The van der Waals surface area contributed by atoms with E-state index in [1.807, 2.05) is 48.5 Å². The first-order valence-corrected chi connectivity index (χ1v) is 10.0. The second kappa shape index (κ2) is 9.40. The average Bonchev–Trinajstić information content (AvgIpc) is 2.73. The van der Waals surface area contributed by atoms with Crippen molar-refractivity contribution in [3.05, 3.63) is 101 Å². The Morgan fingerprint density at radius 3 is 2.37 bits per heavy atom. The van der Waals surface area contributed by atoms with E-state index in [9.17, 15) is 4.79 Å². The molecule has 3 rings (SSSR count). The number of nitrogens with zero attached hydrogens (tertiary/aromatic N) is 1. The maximum Gasteiger partial charge on any atom is 0.271 e. The lowest BCUT2D eigenvalue weighted by Crippen LogP contribution is -2.18. The highest BCUT2D eigenvalue weighted by Gasteiger charge is 2.14. The number of carbonyl (C=O) groups excluding carboxylic acids is 1. The summed E-state index contributed by atoms with van der Waals surface area (Å²) in [5.41, 5.74) is 7.59. The van der Waals surface area contributed by atoms with Crippen LogP contribution >= 0.6 is 0 Å². The molecule has 154 valence electrons. The minimum Gasteiger partial charge on any atom is -0.489 e. The van der Waals surface area contributed by atoms with Gasteiger partial charge in [0.05, 0.1) is 6.21 Å². The van der Waals surface area contributed by atoms with E-state index in [0.29, 0.717) is 12.2 Å². The summed E-state index contributed by atoms with van der Waals surface area (Å²) in [6, 6.07) is 23.5. The zero-order valence-corrected chi connectivity index (χ0v) is 18.0. The summed E-state index contributed by atoms with van der Waals surface area (Å²) >= 11 is 0. The normalized spacial score (nSPS) is 11.5. The quantitative estimate of drug-likeness (QED) is 0.430. The third-order valence-corrected chi connectivity index (χ3v) is 4.78. The number of hydrogen-bond acceptors (Lipinski definition) is 3. The van der Waals surface area contributed by atoms with Crippen molar-refractivity contribution in [2.24, 2.45) is 5.10 Å². The van der Waals surface area contributed by atoms with Gasteiger partial charge in [-0.05, 0) is 53.3 Å². The molecule has 0 aliphatic heterocycles. The van der Waals surface area contributed by atoms with Gasteiger partial charge < -0.3 is 4.74 Å². The second-order valence-electron chi connectivity index (χ2n) is 8.37. The van der Waals surface area contributed by atoms with Crippen LogP contribution in [0.5, 0.6) is 5.75 Å². The highest BCUT2D eigenvalue weighted by molar-refractivity contribution is 5.94. The molecule has 0 saturated heterocycles. The fraction of sp³-hybridized carbons (Fsp3) is 0.231. The van der Waals surface area contributed by atoms with Crippen molar-refractivity contribution in [3.8, 4) is 5.75 Å². The predicted octanol–water partition coefficient (Wildman–Crippen LogP) is 5.64. The number of carbonyl (C=O) groups is 1. The average molecular weight is 401 g/mol. The summed E-state index contributed by atoms with van der Waals surface area (Å²) in [5, 5.41) is 4.08. The lowest BCUT2D eigenvalue weighted by Gasteiger charge is -2.18. The van der Waals surface area contributed by atoms with E-state index in [2.05, 4.69) is 62.5 Å². The third kappa shape index (κ3) is 6.05. The molecular formula is C26H28N2O2. The van der Waals surface area contributed by atoms with Gasteiger partial charge in [-0.2, -0.15) is 5.10 Å². The summed E-state index contributed by atoms with van der Waals surface area (Å²) in [4.78, 5) is 12.3. The first kappa shape index (κ1) is 21.3. The molecule has 0 aliphatic carbocycles. The number of rotatable bonds is 6. The highest BCUT2D eigenvalue weighted by atomic mass is 16.5. The Balaban J connectivity index is 1.56. The van der Waals surface area contributed by atoms with Crippen molar-refractivity contribution < 1.29 is 9.53 Å². The minimum absolute atomic E-state index is 0.0553. The molecule has 4 heteroatoms. The molecule has 0 radical (unpaired) electrons. The van der Waals surface area contributed by atoms with Crippen LogP contribution in [0, 0.1) is 6.92 Å². The van der Waals surface area contributed by atoms with Gasteiger partial charge in [0, 0.05) is 5.56 Å². The molecule has 0 aliphatic rings. The Morgan fingerprint density at radius 2 is 1.70 bits per heavy atom. The van der Waals surface area contributed by atoms with E-state index in [0.717, 1.165) is 16.9 Å². The largest absolute Gasteiger partial charge is 0.489 e. The number of amides is 1. The van der Waals surface area contributed by atoms with E-state index in [4.69, 9.17) is 4.74 Å². The molecule has 4 nitrogen and oxygen atoms in total. The van der Waals surface area contributed by atoms with Gasteiger partial charge in [0.2, 0.25) is 0 Å². The van der Waals surface area contributed by atoms with Gasteiger partial charge in [0.15, 0.2) is 0 Å². The molecule has 30 heavy (non-hydrogen) atoms. The molecule has 1 N–H and O–H groups in total. The Hall–Kier alpha value is -3.40. The van der Waals surface area contributed by atoms with Crippen molar-refractivity contribution in [1.29, 1.82) is 0 Å². The molecule has 0 fully saturated rings. The van der Waals surface area contributed by atoms with Crippen LogP contribution < -0.4 is 10.2 Å². The molecule has 0 unspecified atom stereocenters. The van der Waals surface area contributed by atoms with Crippen LogP contribution in [0.3, 0.4) is 0 Å². The number of nitrogens with one attached hydrogen (secondary N) is 1. The van der Waals surface area contributed by atoms with Gasteiger partial charge in [0.25, 0.3) is 5.91 Å². The van der Waals surface area contributed by atoms with Crippen LogP contribution in [-0.4, -0.2) is 12.1 Å². The molecule has 0 atom stereocenters. The van der Waals surface area contributed by atoms with Gasteiger partial charge in [-0.3, -0.25) is 4.79 Å². The van der Waals surface area contributed by atoms with Crippen LogP contribution in [0.2, 0.25) is 0 Å². The van der Waals surface area contributed by atoms with Gasteiger partial charge >= 0.3 is 0 Å². The van der Waals surface area contributed by atoms with E-state index < -0.39 is 0 Å². The summed E-state index contributed by atoms with van der Waals surface area (Å²) in [5.74, 6) is 0.516. The molecule has 3 aromatic rings. The SMILES string of the molecule is Cc1ccc(COc2cccc(/C=N\NC(=O)c3ccc(C(C)(C)C)cc3)c2)cc1. The minimum atomic E-state index is -0.238. The summed E-state index contributed by atoms with van der Waals surface area (Å²) < 4.78 is 5.86. The van der Waals surface area contributed by atoms with Crippen molar-refractivity contribution >= 4 is 12.1 Å². The van der Waals surface area contributed by atoms with E-state index in [-0.39, 0.29) is 11.3 Å². The fourth-order valence-electron chi connectivity index (χ4n) is 2.89. The van der Waals surface area contributed by atoms with Crippen LogP contribution in [0.1, 0.15) is 53.4 Å². The molecule has 0 saturated carbocycles. The second-order valence-corrected chi connectivity index (χ2v) is 8.37. The molecule has 0 bridgehead atoms. The Kier molecular flexibility index (Phi) is 6.68. The van der Waals surface area contributed by atoms with Crippen LogP contribution in [0.15, 0.2) is 77.9 Å². The number of hydrogen-bond donors (Lipinski definition) is 1. The van der Waals surface area contributed by atoms with E-state index in [1.165, 1.54) is 11.1 Å². The molecule has 0 heterocycles. The van der Waals surface area contributed by atoms with Gasteiger partial charge in [-0.15, -0.1) is 0 Å². The standard InChI is InChI=1S/C26H28N2O2/c1-19-8-10-20(11-9-19)18-30-24-7-5-6-21(16-24)17-27-28-25(29)22-12-14-23(15-13-22)26(2,3)4/h5-17H,18H2,1-4H3,(H,28,29)/b27-17-. The van der Waals surface area contributed by atoms with Crippen molar-refractivity contribution in [2.45, 2.75) is 39.7 Å². The van der Waals surface area contributed by atoms with Crippen LogP contribution in [0.25, 0.3) is 0 Å². The molecule has 1 amide bonds. The van der Waals surface area contributed by atoms with Gasteiger partial charge in [0.1, 0.15) is 12.4 Å². The Bertz CT molecular complexity index is 1010. The molecule has 0 aromatic heterocycles. The zero-order chi connectivity index (χ0) is 21.6. The fourth-order valence-corrected chi connectivity index (χ4v) is 2.89. The first-order chi connectivity index (χ1) is 14.3. The van der Waals surface area contributed by atoms with E-state index >= 15 is 0 Å². The number of benzene rings is 3. The third-order valence-electron chi connectivity index (χ3n) is 4.78. The number of hydrazone groups is 1. The Morgan fingerprint density at radius 1 is 1.00 bits per heavy atom. The Labute approximate surface area is 178 Å². The molecule has 3 aromatic carbocycles. The van der Waals surface area contributed by atoms with Crippen LogP contribution in [-0.2, 0) is 12.0 Å². The van der Waals surface area contributed by atoms with Gasteiger partial charge in [-0.1, -0.05) is 74.9 Å². The topological polar surface area (TPSA) is 50.7 Å². The van der Waals surface area contributed by atoms with Crippen molar-refractivity contribution in [2.75, 3.05) is 0 Å². The van der Waals surface area contributed by atoms with Gasteiger partial charge in [-0.25, -0.2) is 5.43 Å². The maximum absolute atomic E-state index is 12.3. The lowest BCUT2D eigenvalue weighted by molar-refractivity contribution is 0.0955. The summed E-state index contributed by atoms with van der Waals surface area (Å²) in [6.07, 6.45) is 1.61. The smallest absolute Gasteiger partial charge is 0.271 e. The van der Waals surface area contributed by atoms with Crippen LogP contribution in [0.4, 0.5) is 0 Å². The number of ether oxygens (including phenoxy) is 1. The number of aryl methyl sites for hydroxylation is 1. The molecule has 0 spiro atoms. The predicted molar refractivity (Wildman–Crippen MR) is 122 cm³/mol. The first-order valence-electron chi connectivity index (χ1n) is 10.0. The highest BCUT2D eigenvalue weighted by Crippen LogP contribution is 2.22. The summed E-state index contributed by atoms with van der Waals surface area (Å²) in [7, 11) is 0. The zero-order valence-electron chi connectivity index (χ0n) is 18.0. The monoisotopic (exact) mass is 400 g/mol. The molecular weight excluding hydrogens is 372 g/mol. The van der Waals surface area contributed by atoms with Crippen molar-refractivity contribution in [3.63, 3.8) is 0 Å².